The molecule has 0 radical (unpaired) electrons. The third-order valence-corrected chi connectivity index (χ3v) is 3.75. The van der Waals surface area contributed by atoms with Crippen molar-refractivity contribution in [1.29, 1.82) is 0 Å². The van der Waals surface area contributed by atoms with Gasteiger partial charge < -0.3 is 10.6 Å². The first-order valence-electron chi connectivity index (χ1n) is 5.84. The maximum Gasteiger partial charge on any atom is 0.0320 e. The second kappa shape index (κ2) is 3.24. The number of nitrogen functional groups attached to an aromatic ring is 1. The molecule has 1 heterocycles. The number of hydrogen-bond donors (Lipinski definition) is 1. The number of nitrogens with zero attached hydrogens (tertiary/aromatic N) is 1. The highest BCUT2D eigenvalue weighted by Gasteiger charge is 2.28. The van der Waals surface area contributed by atoms with E-state index in [0.29, 0.717) is 0 Å². The fraction of sp³-hybridized carbons (Fsp3) is 0.538. The molecular formula is C13H18N2. The van der Waals surface area contributed by atoms with Crippen LogP contribution in [0.5, 0.6) is 0 Å². The standard InChI is InChI=1S/C13H18N2/c1-15-7-10-4-2-3-9-5-12(14)6-11(8-15)13(9)10/h5-6,10H,2-4,7-8,14H2,1H3. The Kier molecular flexibility index (Phi) is 1.99. The Hall–Kier alpha value is -1.02. The molecule has 2 nitrogen and oxygen atoms in total. The number of nitrogens with two attached hydrogens (primary N) is 1. The van der Waals surface area contributed by atoms with Gasteiger partial charge in [0.05, 0.1) is 0 Å². The van der Waals surface area contributed by atoms with Crippen molar-refractivity contribution in [3.8, 4) is 0 Å². The summed E-state index contributed by atoms with van der Waals surface area (Å²) in [6, 6.07) is 4.36. The quantitative estimate of drug-likeness (QED) is 0.653. The molecule has 0 saturated heterocycles. The lowest BCUT2D eigenvalue weighted by Gasteiger charge is -2.37. The highest BCUT2D eigenvalue weighted by atomic mass is 15.1. The van der Waals surface area contributed by atoms with Gasteiger partial charge in [-0.05, 0) is 61.1 Å². The van der Waals surface area contributed by atoms with Crippen LogP contribution in [0.4, 0.5) is 5.69 Å². The van der Waals surface area contributed by atoms with Gasteiger partial charge in [-0.3, -0.25) is 0 Å². The van der Waals surface area contributed by atoms with Crippen LogP contribution >= 0.6 is 0 Å². The lowest BCUT2D eigenvalue weighted by atomic mass is 9.77. The van der Waals surface area contributed by atoms with Crippen molar-refractivity contribution in [2.75, 3.05) is 19.3 Å². The monoisotopic (exact) mass is 202 g/mol. The fourth-order valence-electron chi connectivity index (χ4n) is 3.27. The van der Waals surface area contributed by atoms with Gasteiger partial charge in [-0.1, -0.05) is 0 Å². The van der Waals surface area contributed by atoms with Crippen molar-refractivity contribution in [3.05, 3.63) is 28.8 Å². The molecule has 0 amide bonds. The fourth-order valence-corrected chi connectivity index (χ4v) is 3.27. The van der Waals surface area contributed by atoms with E-state index in [4.69, 9.17) is 5.73 Å². The van der Waals surface area contributed by atoms with Crippen molar-refractivity contribution in [2.24, 2.45) is 0 Å². The number of aryl methyl sites for hydroxylation is 1. The number of benzene rings is 1. The smallest absolute Gasteiger partial charge is 0.0320 e. The lowest BCUT2D eigenvalue weighted by Crippen LogP contribution is -2.33. The normalized spacial score (nSPS) is 25.0. The first-order valence-corrected chi connectivity index (χ1v) is 5.84. The molecular weight excluding hydrogens is 184 g/mol. The maximum atomic E-state index is 5.95. The SMILES string of the molecule is CN1Cc2cc(N)cc3c2C(CCC3)C1. The molecule has 15 heavy (non-hydrogen) atoms. The molecule has 1 aliphatic heterocycles. The number of anilines is 1. The van der Waals surface area contributed by atoms with Gasteiger partial charge >= 0.3 is 0 Å². The Balaban J connectivity index is 2.16. The topological polar surface area (TPSA) is 29.3 Å². The van der Waals surface area contributed by atoms with Crippen LogP contribution in [0.2, 0.25) is 0 Å². The zero-order valence-corrected chi connectivity index (χ0v) is 9.29. The van der Waals surface area contributed by atoms with Crippen molar-refractivity contribution >= 4 is 5.69 Å². The molecule has 0 bridgehead atoms. The summed E-state index contributed by atoms with van der Waals surface area (Å²) in [5.74, 6) is 0.767. The highest BCUT2D eigenvalue weighted by Crippen LogP contribution is 2.39. The largest absolute Gasteiger partial charge is 0.399 e. The Labute approximate surface area is 91.1 Å². The summed E-state index contributed by atoms with van der Waals surface area (Å²) in [6.07, 6.45) is 3.91. The summed E-state index contributed by atoms with van der Waals surface area (Å²) in [5, 5.41) is 0. The van der Waals surface area contributed by atoms with E-state index in [2.05, 4.69) is 24.1 Å². The van der Waals surface area contributed by atoms with E-state index in [1.54, 1.807) is 5.56 Å². The van der Waals surface area contributed by atoms with Crippen LogP contribution in [0.3, 0.4) is 0 Å². The summed E-state index contributed by atoms with van der Waals surface area (Å²) in [4.78, 5) is 2.42. The summed E-state index contributed by atoms with van der Waals surface area (Å²) < 4.78 is 0. The van der Waals surface area contributed by atoms with Gasteiger partial charge in [0.1, 0.15) is 0 Å². The predicted molar refractivity (Wildman–Crippen MR) is 62.9 cm³/mol. The van der Waals surface area contributed by atoms with E-state index in [0.717, 1.165) is 18.2 Å². The third kappa shape index (κ3) is 1.44. The molecule has 1 unspecified atom stereocenters. The summed E-state index contributed by atoms with van der Waals surface area (Å²) in [5.41, 5.74) is 11.5. The minimum absolute atomic E-state index is 0.767. The third-order valence-electron chi connectivity index (χ3n) is 3.75. The maximum absolute atomic E-state index is 5.95. The molecule has 2 aliphatic rings. The molecule has 1 atom stereocenters. The van der Waals surface area contributed by atoms with Crippen molar-refractivity contribution in [1.82, 2.24) is 4.90 Å². The van der Waals surface area contributed by atoms with E-state index >= 15 is 0 Å². The molecule has 1 aromatic carbocycles. The van der Waals surface area contributed by atoms with E-state index in [9.17, 15) is 0 Å². The Morgan fingerprint density at radius 1 is 1.33 bits per heavy atom. The van der Waals surface area contributed by atoms with Crippen LogP contribution in [0.25, 0.3) is 0 Å². The molecule has 2 N–H and O–H groups in total. The van der Waals surface area contributed by atoms with Crippen LogP contribution in [0.1, 0.15) is 35.4 Å². The van der Waals surface area contributed by atoms with Gasteiger partial charge in [0.15, 0.2) is 0 Å². The van der Waals surface area contributed by atoms with Crippen LogP contribution in [0, 0.1) is 0 Å². The molecule has 0 saturated carbocycles. The van der Waals surface area contributed by atoms with Gasteiger partial charge in [-0.15, -0.1) is 0 Å². The molecule has 0 fully saturated rings. The zero-order valence-electron chi connectivity index (χ0n) is 9.29. The van der Waals surface area contributed by atoms with Crippen LogP contribution in [-0.4, -0.2) is 18.5 Å². The Morgan fingerprint density at radius 2 is 2.13 bits per heavy atom. The average molecular weight is 202 g/mol. The van der Waals surface area contributed by atoms with Crippen LogP contribution in [-0.2, 0) is 13.0 Å². The Bertz CT molecular complexity index is 398. The molecule has 0 aromatic heterocycles. The van der Waals surface area contributed by atoms with Crippen molar-refractivity contribution in [3.63, 3.8) is 0 Å². The van der Waals surface area contributed by atoms with E-state index in [1.807, 2.05) is 0 Å². The van der Waals surface area contributed by atoms with Crippen LogP contribution < -0.4 is 5.73 Å². The van der Waals surface area contributed by atoms with Crippen molar-refractivity contribution in [2.45, 2.75) is 31.7 Å². The summed E-state index contributed by atoms with van der Waals surface area (Å²) in [6.45, 7) is 2.30. The van der Waals surface area contributed by atoms with Gasteiger partial charge in [0.25, 0.3) is 0 Å². The summed E-state index contributed by atoms with van der Waals surface area (Å²) >= 11 is 0. The number of likely N-dealkylation sites (N-methyl/N-ethyl adjacent to an activating group) is 1. The second-order valence-electron chi connectivity index (χ2n) is 5.04. The summed E-state index contributed by atoms with van der Waals surface area (Å²) in [7, 11) is 2.21. The molecule has 1 aliphatic carbocycles. The van der Waals surface area contributed by atoms with Crippen molar-refractivity contribution < 1.29 is 0 Å². The minimum Gasteiger partial charge on any atom is -0.399 e. The lowest BCUT2D eigenvalue weighted by molar-refractivity contribution is 0.266. The predicted octanol–water partition coefficient (Wildman–Crippen LogP) is 2.13. The molecule has 0 spiro atoms. The first kappa shape index (κ1) is 9.22. The zero-order chi connectivity index (χ0) is 10.4. The van der Waals surface area contributed by atoms with E-state index in [1.165, 1.54) is 36.9 Å². The minimum atomic E-state index is 0.767. The molecule has 3 rings (SSSR count). The van der Waals surface area contributed by atoms with E-state index in [-0.39, 0.29) is 0 Å². The molecule has 2 heteroatoms. The van der Waals surface area contributed by atoms with Crippen LogP contribution in [0.15, 0.2) is 12.1 Å². The van der Waals surface area contributed by atoms with Gasteiger partial charge in [-0.25, -0.2) is 0 Å². The highest BCUT2D eigenvalue weighted by molar-refractivity contribution is 5.52. The number of rotatable bonds is 0. The molecule has 1 aromatic rings. The first-order chi connectivity index (χ1) is 7.24. The molecule has 80 valence electrons. The van der Waals surface area contributed by atoms with Gasteiger partial charge in [-0.2, -0.15) is 0 Å². The average Bonchev–Trinajstić information content (AvgIpc) is 2.16. The van der Waals surface area contributed by atoms with Gasteiger partial charge in [0, 0.05) is 18.8 Å². The Morgan fingerprint density at radius 3 is 3.00 bits per heavy atom. The van der Waals surface area contributed by atoms with Gasteiger partial charge in [0.2, 0.25) is 0 Å². The second-order valence-corrected chi connectivity index (χ2v) is 5.04. The number of hydrogen-bond acceptors (Lipinski definition) is 2. The van der Waals surface area contributed by atoms with E-state index < -0.39 is 0 Å².